The van der Waals surface area contributed by atoms with E-state index >= 15 is 0 Å². The van der Waals surface area contributed by atoms with Gasteiger partial charge in [-0.25, -0.2) is 0 Å². The number of benzene rings is 1. The number of piperazine rings is 1. The molecule has 20 heavy (non-hydrogen) atoms. The van der Waals surface area contributed by atoms with Crippen LogP contribution >= 0.6 is 0 Å². The molecule has 0 aromatic heterocycles. The third kappa shape index (κ3) is 3.26. The van der Waals surface area contributed by atoms with E-state index in [0.29, 0.717) is 6.04 Å². The zero-order chi connectivity index (χ0) is 14.6. The first-order chi connectivity index (χ1) is 9.61. The highest BCUT2D eigenvalue weighted by Gasteiger charge is 2.33. The molecule has 1 aromatic rings. The third-order valence-electron chi connectivity index (χ3n) is 4.44. The molecule has 0 spiro atoms. The Kier molecular flexibility index (Phi) is 4.92. The molecule has 2 rings (SSSR count). The first-order valence-corrected chi connectivity index (χ1v) is 7.86. The lowest BCUT2D eigenvalue weighted by atomic mass is 9.92. The quantitative estimate of drug-likeness (QED) is 0.891. The second-order valence-electron chi connectivity index (χ2n) is 5.92. The highest BCUT2D eigenvalue weighted by molar-refractivity contribution is 5.52. The summed E-state index contributed by atoms with van der Waals surface area (Å²) in [6.07, 6.45) is 2.30. The van der Waals surface area contributed by atoms with E-state index in [1.54, 1.807) is 0 Å². The Labute approximate surface area is 123 Å². The van der Waals surface area contributed by atoms with E-state index in [2.05, 4.69) is 49.2 Å². The molecule has 2 atom stereocenters. The van der Waals surface area contributed by atoms with E-state index < -0.39 is 0 Å². The average Bonchev–Trinajstić information content (AvgIpc) is 2.48. The number of ether oxygens (including phenoxy) is 1. The van der Waals surface area contributed by atoms with Crippen molar-refractivity contribution in [1.29, 1.82) is 0 Å². The van der Waals surface area contributed by atoms with Gasteiger partial charge in [0.05, 0.1) is 6.61 Å². The van der Waals surface area contributed by atoms with Crippen molar-refractivity contribution < 1.29 is 4.74 Å². The predicted molar refractivity (Wildman–Crippen MR) is 85.7 cm³/mol. The second-order valence-corrected chi connectivity index (χ2v) is 5.92. The SMILES string of the molecule is CCOc1cccc(N2CC(C)(CC)NCC2CC)c1. The van der Waals surface area contributed by atoms with Gasteiger partial charge in [-0.3, -0.25) is 0 Å². The topological polar surface area (TPSA) is 24.5 Å². The predicted octanol–water partition coefficient (Wildman–Crippen LogP) is 3.44. The highest BCUT2D eigenvalue weighted by atomic mass is 16.5. The molecule has 2 unspecified atom stereocenters. The summed E-state index contributed by atoms with van der Waals surface area (Å²) in [7, 11) is 0. The minimum atomic E-state index is 0.202. The molecular formula is C17H28N2O. The molecule has 1 heterocycles. The fourth-order valence-corrected chi connectivity index (χ4v) is 2.86. The summed E-state index contributed by atoms with van der Waals surface area (Å²) in [5.41, 5.74) is 1.48. The van der Waals surface area contributed by atoms with Crippen LogP contribution in [0.15, 0.2) is 24.3 Å². The Morgan fingerprint density at radius 3 is 2.80 bits per heavy atom. The summed E-state index contributed by atoms with van der Waals surface area (Å²) in [4.78, 5) is 2.54. The highest BCUT2D eigenvalue weighted by Crippen LogP contribution is 2.29. The molecule has 112 valence electrons. The summed E-state index contributed by atoms with van der Waals surface area (Å²) in [5.74, 6) is 0.969. The van der Waals surface area contributed by atoms with E-state index in [0.717, 1.165) is 38.3 Å². The van der Waals surface area contributed by atoms with Crippen molar-refractivity contribution in [2.24, 2.45) is 0 Å². The van der Waals surface area contributed by atoms with Gasteiger partial charge in [0.2, 0.25) is 0 Å². The molecule has 0 radical (unpaired) electrons. The van der Waals surface area contributed by atoms with Gasteiger partial charge in [-0.2, -0.15) is 0 Å². The Bertz CT molecular complexity index is 435. The van der Waals surface area contributed by atoms with E-state index in [4.69, 9.17) is 4.74 Å². The first-order valence-electron chi connectivity index (χ1n) is 7.86. The van der Waals surface area contributed by atoms with Crippen LogP contribution < -0.4 is 15.0 Å². The van der Waals surface area contributed by atoms with Crippen LogP contribution in [0, 0.1) is 0 Å². The van der Waals surface area contributed by atoms with Gasteiger partial charge >= 0.3 is 0 Å². The van der Waals surface area contributed by atoms with Gasteiger partial charge in [0, 0.05) is 36.4 Å². The maximum absolute atomic E-state index is 5.64. The summed E-state index contributed by atoms with van der Waals surface area (Å²) >= 11 is 0. The molecule has 1 aliphatic heterocycles. The molecule has 1 aliphatic rings. The van der Waals surface area contributed by atoms with Crippen molar-refractivity contribution in [1.82, 2.24) is 5.32 Å². The van der Waals surface area contributed by atoms with Crippen LogP contribution in [0.1, 0.15) is 40.5 Å². The van der Waals surface area contributed by atoms with Crippen molar-refractivity contribution in [3.05, 3.63) is 24.3 Å². The smallest absolute Gasteiger partial charge is 0.121 e. The van der Waals surface area contributed by atoms with Crippen molar-refractivity contribution in [3.63, 3.8) is 0 Å². The lowest BCUT2D eigenvalue weighted by Crippen LogP contribution is -2.62. The summed E-state index contributed by atoms with van der Waals surface area (Å²) in [6, 6.07) is 9.07. The lowest BCUT2D eigenvalue weighted by Gasteiger charge is -2.47. The molecule has 1 N–H and O–H groups in total. The van der Waals surface area contributed by atoms with E-state index in [9.17, 15) is 0 Å². The van der Waals surface area contributed by atoms with Gasteiger partial charge in [0.25, 0.3) is 0 Å². The molecular weight excluding hydrogens is 248 g/mol. The molecule has 3 heteroatoms. The molecule has 1 saturated heterocycles. The zero-order valence-electron chi connectivity index (χ0n) is 13.3. The van der Waals surface area contributed by atoms with Crippen LogP contribution in [0.5, 0.6) is 5.75 Å². The van der Waals surface area contributed by atoms with Crippen molar-refractivity contribution in [2.75, 3.05) is 24.6 Å². The van der Waals surface area contributed by atoms with Gasteiger partial charge in [0.1, 0.15) is 5.75 Å². The first kappa shape index (κ1) is 15.2. The Morgan fingerprint density at radius 1 is 1.35 bits per heavy atom. The van der Waals surface area contributed by atoms with Gasteiger partial charge in [-0.15, -0.1) is 0 Å². The molecule has 1 aromatic carbocycles. The number of rotatable bonds is 5. The van der Waals surface area contributed by atoms with Crippen LogP contribution in [-0.4, -0.2) is 31.3 Å². The maximum atomic E-state index is 5.64. The minimum absolute atomic E-state index is 0.202. The fourth-order valence-electron chi connectivity index (χ4n) is 2.86. The molecule has 0 bridgehead atoms. The van der Waals surface area contributed by atoms with Gasteiger partial charge < -0.3 is 15.0 Å². The zero-order valence-corrected chi connectivity index (χ0v) is 13.3. The van der Waals surface area contributed by atoms with Crippen molar-refractivity contribution in [3.8, 4) is 5.75 Å². The second kappa shape index (κ2) is 6.49. The number of nitrogens with one attached hydrogen (secondary N) is 1. The fraction of sp³-hybridized carbons (Fsp3) is 0.647. The van der Waals surface area contributed by atoms with Crippen LogP contribution in [0.25, 0.3) is 0 Å². The van der Waals surface area contributed by atoms with E-state index in [1.165, 1.54) is 5.69 Å². The van der Waals surface area contributed by atoms with Gasteiger partial charge in [-0.1, -0.05) is 19.9 Å². The number of hydrogen-bond donors (Lipinski definition) is 1. The van der Waals surface area contributed by atoms with Crippen LogP contribution in [-0.2, 0) is 0 Å². The van der Waals surface area contributed by atoms with Crippen LogP contribution in [0.2, 0.25) is 0 Å². The largest absolute Gasteiger partial charge is 0.494 e. The monoisotopic (exact) mass is 276 g/mol. The lowest BCUT2D eigenvalue weighted by molar-refractivity contribution is 0.275. The molecule has 0 aliphatic carbocycles. The molecule has 0 amide bonds. The third-order valence-corrected chi connectivity index (χ3v) is 4.44. The average molecular weight is 276 g/mol. The van der Waals surface area contributed by atoms with Gasteiger partial charge in [-0.05, 0) is 38.8 Å². The van der Waals surface area contributed by atoms with E-state index in [1.807, 2.05) is 13.0 Å². The number of anilines is 1. The minimum Gasteiger partial charge on any atom is -0.494 e. The maximum Gasteiger partial charge on any atom is 0.121 e. The number of hydrogen-bond acceptors (Lipinski definition) is 3. The Morgan fingerprint density at radius 2 is 2.15 bits per heavy atom. The summed E-state index contributed by atoms with van der Waals surface area (Å²) < 4.78 is 5.64. The molecule has 1 fully saturated rings. The molecule has 3 nitrogen and oxygen atoms in total. The standard InChI is InChI=1S/C17H28N2O/c1-5-14-12-18-17(4,6-2)13-19(14)15-9-8-10-16(11-15)20-7-3/h8-11,14,18H,5-7,12-13H2,1-4H3. The Balaban J connectivity index is 2.24. The molecule has 0 saturated carbocycles. The van der Waals surface area contributed by atoms with Crippen molar-refractivity contribution >= 4 is 5.69 Å². The normalized spacial score (nSPS) is 26.6. The summed E-state index contributed by atoms with van der Waals surface area (Å²) in [6.45, 7) is 11.7. The van der Waals surface area contributed by atoms with Crippen LogP contribution in [0.4, 0.5) is 5.69 Å². The van der Waals surface area contributed by atoms with Crippen molar-refractivity contribution in [2.45, 2.75) is 52.1 Å². The van der Waals surface area contributed by atoms with Crippen LogP contribution in [0.3, 0.4) is 0 Å². The Hall–Kier alpha value is -1.22. The van der Waals surface area contributed by atoms with E-state index in [-0.39, 0.29) is 5.54 Å². The van der Waals surface area contributed by atoms with Gasteiger partial charge in [0.15, 0.2) is 0 Å². The summed E-state index contributed by atoms with van der Waals surface area (Å²) in [5, 5.41) is 3.71. The number of nitrogens with zero attached hydrogens (tertiary/aromatic N) is 1.